The summed E-state index contributed by atoms with van der Waals surface area (Å²) in [5.41, 5.74) is 3.65. The molecule has 0 N–H and O–H groups in total. The van der Waals surface area contributed by atoms with Crippen LogP contribution >= 0.6 is 0 Å². The van der Waals surface area contributed by atoms with Gasteiger partial charge in [0.25, 0.3) is 0 Å². The van der Waals surface area contributed by atoms with Crippen molar-refractivity contribution in [2.75, 3.05) is 0 Å². The average molecular weight is 346 g/mol. The highest BCUT2D eigenvalue weighted by Crippen LogP contribution is 2.47. The van der Waals surface area contributed by atoms with Crippen LogP contribution in [0.4, 0.5) is 11.4 Å². The van der Waals surface area contributed by atoms with Crippen LogP contribution in [-0.2, 0) is 15.9 Å². The normalized spacial score (nSPS) is 12.4. The molecule has 0 saturated carbocycles. The highest BCUT2D eigenvalue weighted by molar-refractivity contribution is 5.94. The Hall–Kier alpha value is -2.55. The van der Waals surface area contributed by atoms with Gasteiger partial charge >= 0.3 is 0 Å². The fourth-order valence-electron chi connectivity index (χ4n) is 2.99. The van der Waals surface area contributed by atoms with E-state index in [1.54, 1.807) is 6.20 Å². The molecule has 3 aromatic rings. The van der Waals surface area contributed by atoms with Gasteiger partial charge in [-0.15, -0.1) is 5.69 Å². The maximum Gasteiger partial charge on any atom is 0.167 e. The van der Waals surface area contributed by atoms with Crippen molar-refractivity contribution >= 4 is 22.3 Å². The lowest BCUT2D eigenvalue weighted by Gasteiger charge is -2.31. The molecule has 135 valence electrons. The van der Waals surface area contributed by atoms with E-state index in [1.807, 2.05) is 42.5 Å². The smallest absolute Gasteiger partial charge is 0.167 e. The summed E-state index contributed by atoms with van der Waals surface area (Å²) in [7, 11) is 0. The van der Waals surface area contributed by atoms with Crippen LogP contribution in [0.25, 0.3) is 16.2 Å². The molecule has 1 aromatic heterocycles. The van der Waals surface area contributed by atoms with Crippen LogP contribution in [0.2, 0.25) is 0 Å². The van der Waals surface area contributed by atoms with Crippen molar-refractivity contribution in [3.8, 4) is 5.75 Å². The van der Waals surface area contributed by atoms with E-state index in [0.717, 1.165) is 27.7 Å². The second-order valence-electron chi connectivity index (χ2n) is 8.84. The molecule has 0 aliphatic carbocycles. The fourth-order valence-corrected chi connectivity index (χ4v) is 2.99. The molecule has 0 bridgehead atoms. The van der Waals surface area contributed by atoms with Gasteiger partial charge in [0.05, 0.1) is 5.52 Å². The molecular weight excluding hydrogens is 320 g/mol. The van der Waals surface area contributed by atoms with E-state index in [1.165, 1.54) is 0 Å². The number of pyridine rings is 1. The van der Waals surface area contributed by atoms with E-state index in [-0.39, 0.29) is 16.6 Å². The van der Waals surface area contributed by atoms with Gasteiger partial charge in [-0.3, -0.25) is 10.1 Å². The Balaban J connectivity index is 2.18. The molecule has 0 fully saturated rings. The van der Waals surface area contributed by atoms with Crippen molar-refractivity contribution < 1.29 is 5.11 Å². The second kappa shape index (κ2) is 6.31. The molecule has 0 spiro atoms. The summed E-state index contributed by atoms with van der Waals surface area (Å²) < 4.78 is 0. The fraction of sp³-hybridized carbons (Fsp3) is 0.348. The first-order valence-corrected chi connectivity index (χ1v) is 8.99. The zero-order valence-corrected chi connectivity index (χ0v) is 16.4. The maximum absolute atomic E-state index is 13.1. The molecule has 3 nitrogen and oxygen atoms in total. The van der Waals surface area contributed by atoms with Gasteiger partial charge in [0.1, 0.15) is 0 Å². The minimum Gasteiger partial charge on any atom is -0.653 e. The number of para-hydroxylation sites is 1. The summed E-state index contributed by atoms with van der Waals surface area (Å²) in [6, 6.07) is 13.8. The van der Waals surface area contributed by atoms with Crippen LogP contribution in [0, 0.1) is 0 Å². The van der Waals surface area contributed by atoms with Gasteiger partial charge in [-0.1, -0.05) is 83.6 Å². The van der Waals surface area contributed by atoms with Crippen molar-refractivity contribution in [3.05, 3.63) is 65.1 Å². The lowest BCUT2D eigenvalue weighted by Crippen LogP contribution is -2.16. The highest BCUT2D eigenvalue weighted by atomic mass is 16.3. The topological polar surface area (TPSA) is 46.9 Å². The summed E-state index contributed by atoms with van der Waals surface area (Å²) in [5, 5.41) is 18.9. The molecule has 1 heterocycles. The molecule has 2 aromatic carbocycles. The van der Waals surface area contributed by atoms with E-state index < -0.39 is 0 Å². The van der Waals surface area contributed by atoms with Crippen LogP contribution in [0.1, 0.15) is 52.7 Å². The standard InChI is InChI=1S/C23H26N2O/c1-22(2,3)16-13-17(23(4,5)6)21(26)19(14-16)25-18-11-7-9-15-10-8-12-24-20(15)18/h7-14H,1-6H3/q-1. The molecule has 3 rings (SSSR count). The number of aromatic nitrogens is 1. The van der Waals surface area contributed by atoms with Gasteiger partial charge in [0, 0.05) is 11.8 Å². The first-order chi connectivity index (χ1) is 12.1. The van der Waals surface area contributed by atoms with Crippen LogP contribution in [0.15, 0.2) is 48.7 Å². The van der Waals surface area contributed by atoms with E-state index in [4.69, 9.17) is 5.32 Å². The summed E-state index contributed by atoms with van der Waals surface area (Å²) >= 11 is 0. The monoisotopic (exact) mass is 346 g/mol. The van der Waals surface area contributed by atoms with Crippen LogP contribution in [0.3, 0.4) is 0 Å². The van der Waals surface area contributed by atoms with Crippen LogP contribution < -0.4 is 0 Å². The van der Waals surface area contributed by atoms with Crippen molar-refractivity contribution in [2.24, 2.45) is 0 Å². The van der Waals surface area contributed by atoms with Crippen molar-refractivity contribution in [2.45, 2.75) is 52.4 Å². The van der Waals surface area contributed by atoms with Crippen LogP contribution in [0.5, 0.6) is 5.75 Å². The Labute approximate surface area is 156 Å². The molecule has 0 aliphatic rings. The summed E-state index contributed by atoms with van der Waals surface area (Å²) in [4.78, 5) is 4.45. The average Bonchev–Trinajstić information content (AvgIpc) is 2.55. The molecule has 26 heavy (non-hydrogen) atoms. The Morgan fingerprint density at radius 3 is 2.19 bits per heavy atom. The van der Waals surface area contributed by atoms with Gasteiger partial charge in [-0.25, -0.2) is 0 Å². The minimum atomic E-state index is -0.236. The number of hydrogen-bond donors (Lipinski definition) is 0. The predicted octanol–water partition coefficient (Wildman–Crippen LogP) is 7.31. The third-order valence-corrected chi connectivity index (χ3v) is 4.60. The van der Waals surface area contributed by atoms with Gasteiger partial charge in [0.15, 0.2) is 5.75 Å². The number of benzene rings is 2. The van der Waals surface area contributed by atoms with Gasteiger partial charge in [-0.05, 0) is 27.8 Å². The summed E-state index contributed by atoms with van der Waals surface area (Å²) in [6.07, 6.45) is 1.76. The first-order valence-electron chi connectivity index (χ1n) is 8.99. The van der Waals surface area contributed by atoms with Gasteiger partial charge in [0.2, 0.25) is 0 Å². The third kappa shape index (κ3) is 3.52. The lowest BCUT2D eigenvalue weighted by atomic mass is 9.79. The minimum absolute atomic E-state index is 0.00145. The second-order valence-corrected chi connectivity index (χ2v) is 8.84. The molecule has 0 amide bonds. The van der Waals surface area contributed by atoms with Crippen LogP contribution in [-0.4, -0.2) is 4.98 Å². The number of nitrogens with zero attached hydrogens (tertiary/aromatic N) is 2. The third-order valence-electron chi connectivity index (χ3n) is 4.60. The molecule has 0 aliphatic heterocycles. The Kier molecular flexibility index (Phi) is 4.43. The largest absolute Gasteiger partial charge is 0.653 e. The number of fused-ring (bicyclic) bond motifs is 1. The predicted molar refractivity (Wildman–Crippen MR) is 108 cm³/mol. The van der Waals surface area contributed by atoms with E-state index >= 15 is 0 Å². The van der Waals surface area contributed by atoms with Gasteiger partial charge < -0.3 is 5.32 Å². The summed E-state index contributed by atoms with van der Waals surface area (Å²) in [6.45, 7) is 12.7. The first kappa shape index (κ1) is 18.2. The quantitative estimate of drug-likeness (QED) is 0.480. The van der Waals surface area contributed by atoms with E-state index in [9.17, 15) is 5.11 Å². The highest BCUT2D eigenvalue weighted by Gasteiger charge is 2.24. The Morgan fingerprint density at radius 2 is 1.54 bits per heavy atom. The zero-order chi connectivity index (χ0) is 19.1. The van der Waals surface area contributed by atoms with Crippen molar-refractivity contribution in [1.29, 1.82) is 0 Å². The number of hydrogen-bond acceptors (Lipinski definition) is 1. The molecule has 0 atom stereocenters. The Morgan fingerprint density at radius 1 is 0.846 bits per heavy atom. The molecule has 1 radical (unpaired) electrons. The van der Waals surface area contributed by atoms with E-state index in [0.29, 0.717) is 5.69 Å². The lowest BCUT2D eigenvalue weighted by molar-refractivity contribution is 0.343. The Bertz CT molecular complexity index is 941. The molecule has 3 heteroatoms. The molecule has 0 saturated heterocycles. The summed E-state index contributed by atoms with van der Waals surface area (Å²) in [5.74, 6) is -0.00145. The maximum atomic E-state index is 13.1. The van der Waals surface area contributed by atoms with Crippen molar-refractivity contribution in [1.82, 2.24) is 4.98 Å². The van der Waals surface area contributed by atoms with Crippen molar-refractivity contribution in [3.63, 3.8) is 0 Å². The zero-order valence-electron chi connectivity index (χ0n) is 16.4. The molecule has 0 unspecified atom stereocenters. The van der Waals surface area contributed by atoms with Gasteiger partial charge in [-0.2, -0.15) is 0 Å². The van der Waals surface area contributed by atoms with E-state index in [2.05, 4.69) is 46.5 Å². The SMILES string of the molecule is CC(C)(C)c1cc([N-]c2cccc3cccnc23)c([O])c(C(C)(C)C)c1. The molecular formula is C23H26N2O-. The number of rotatable bonds is 2.